The van der Waals surface area contributed by atoms with Gasteiger partial charge in [-0.1, -0.05) is 78.9 Å². The first-order valence-electron chi connectivity index (χ1n) is 10.8. The van der Waals surface area contributed by atoms with Gasteiger partial charge in [0.1, 0.15) is 0 Å². The first-order valence-corrected chi connectivity index (χ1v) is 10.8. The van der Waals surface area contributed by atoms with Crippen molar-refractivity contribution in [1.29, 1.82) is 0 Å². The molecule has 3 heteroatoms. The average molecular weight is 399 g/mol. The summed E-state index contributed by atoms with van der Waals surface area (Å²) >= 11 is 0. The van der Waals surface area contributed by atoms with Gasteiger partial charge in [0.15, 0.2) is 0 Å². The molecule has 3 aromatic carbocycles. The van der Waals surface area contributed by atoms with Crippen molar-refractivity contribution >= 4 is 5.91 Å². The predicted molar refractivity (Wildman–Crippen MR) is 123 cm³/mol. The molecule has 0 radical (unpaired) electrons. The van der Waals surface area contributed by atoms with Gasteiger partial charge in [-0.25, -0.2) is 0 Å². The molecular weight excluding hydrogens is 368 g/mol. The van der Waals surface area contributed by atoms with Gasteiger partial charge in [-0.05, 0) is 61.1 Å². The Kier molecular flexibility index (Phi) is 5.74. The van der Waals surface area contributed by atoms with Crippen LogP contribution in [-0.2, 0) is 16.8 Å². The fraction of sp³-hybridized carbons (Fsp3) is 0.296. The summed E-state index contributed by atoms with van der Waals surface area (Å²) in [6.45, 7) is 6.29. The number of carbonyl (C=O) groups excluding carboxylic acids is 1. The Labute approximate surface area is 179 Å². The van der Waals surface area contributed by atoms with Gasteiger partial charge in [-0.3, -0.25) is 9.69 Å². The highest BCUT2D eigenvalue weighted by atomic mass is 16.1. The zero-order chi connectivity index (χ0) is 21.1. The van der Waals surface area contributed by atoms with Crippen molar-refractivity contribution < 1.29 is 4.79 Å². The molecule has 1 aliphatic rings. The molecule has 0 aromatic heterocycles. The molecule has 2 N–H and O–H groups in total. The maximum atomic E-state index is 13.0. The van der Waals surface area contributed by atoms with Crippen molar-refractivity contribution in [2.45, 2.75) is 44.7 Å². The number of carbonyl (C=O) groups is 1. The molecule has 0 spiro atoms. The van der Waals surface area contributed by atoms with Crippen molar-refractivity contribution in [1.82, 2.24) is 4.90 Å². The molecule has 0 heterocycles. The van der Waals surface area contributed by atoms with Crippen LogP contribution in [0.1, 0.15) is 43.4 Å². The van der Waals surface area contributed by atoms with E-state index in [4.69, 9.17) is 5.73 Å². The summed E-state index contributed by atoms with van der Waals surface area (Å²) in [5.74, 6) is -0.251. The fourth-order valence-electron chi connectivity index (χ4n) is 4.87. The summed E-state index contributed by atoms with van der Waals surface area (Å²) in [6.07, 6.45) is 1.62. The lowest BCUT2D eigenvalue weighted by atomic mass is 9.74. The van der Waals surface area contributed by atoms with Crippen LogP contribution in [0.5, 0.6) is 0 Å². The number of fused-ring (bicyclic) bond motifs is 3. The molecule has 154 valence electrons. The molecule has 0 bridgehead atoms. The van der Waals surface area contributed by atoms with Gasteiger partial charge in [-0.2, -0.15) is 0 Å². The average Bonchev–Trinajstić information content (AvgIpc) is 3.05. The van der Waals surface area contributed by atoms with Crippen molar-refractivity contribution in [2.24, 2.45) is 5.73 Å². The Hall–Kier alpha value is -2.91. The third-order valence-electron chi connectivity index (χ3n) is 6.44. The number of hydrogen-bond donors (Lipinski definition) is 1. The van der Waals surface area contributed by atoms with E-state index in [1.54, 1.807) is 0 Å². The Bertz CT molecular complexity index is 980. The molecule has 0 unspecified atom stereocenters. The van der Waals surface area contributed by atoms with E-state index < -0.39 is 5.41 Å². The van der Waals surface area contributed by atoms with E-state index in [-0.39, 0.29) is 5.91 Å². The molecule has 1 aliphatic carbocycles. The standard InChI is InChI=1S/C27H30N2O/c1-20(2)29(19-21-11-4-3-5-12-21)18-10-17-27(26(28)30)24-15-8-6-13-22(24)23-14-7-9-16-25(23)27/h3-9,11-16,20H,10,17-19H2,1-2H3,(H2,28,30). The van der Waals surface area contributed by atoms with Gasteiger partial charge >= 0.3 is 0 Å². The van der Waals surface area contributed by atoms with Gasteiger partial charge in [0.25, 0.3) is 0 Å². The van der Waals surface area contributed by atoms with Crippen LogP contribution < -0.4 is 5.73 Å². The third kappa shape index (κ3) is 3.54. The quantitative estimate of drug-likeness (QED) is 0.572. The third-order valence-corrected chi connectivity index (χ3v) is 6.44. The predicted octanol–water partition coefficient (Wildman–Crippen LogP) is 5.13. The molecule has 3 nitrogen and oxygen atoms in total. The maximum Gasteiger partial charge on any atom is 0.232 e. The summed E-state index contributed by atoms with van der Waals surface area (Å²) in [5.41, 5.74) is 11.1. The minimum Gasteiger partial charge on any atom is -0.369 e. The number of rotatable bonds is 8. The SMILES string of the molecule is CC(C)N(CCCC1(C(N)=O)c2ccccc2-c2ccccc21)Cc1ccccc1. The largest absolute Gasteiger partial charge is 0.369 e. The number of primary amides is 1. The Morgan fingerprint density at radius 2 is 1.40 bits per heavy atom. The van der Waals surface area contributed by atoms with Gasteiger partial charge in [0.2, 0.25) is 5.91 Å². The van der Waals surface area contributed by atoms with E-state index in [0.717, 1.165) is 41.8 Å². The van der Waals surface area contributed by atoms with E-state index in [2.05, 4.69) is 73.3 Å². The van der Waals surface area contributed by atoms with E-state index in [0.29, 0.717) is 12.5 Å². The minimum absolute atomic E-state index is 0.251. The molecule has 30 heavy (non-hydrogen) atoms. The molecule has 0 saturated heterocycles. The Balaban J connectivity index is 1.59. The summed E-state index contributed by atoms with van der Waals surface area (Å²) in [6, 6.07) is 27.4. The first kappa shape index (κ1) is 20.4. The summed E-state index contributed by atoms with van der Waals surface area (Å²) in [7, 11) is 0. The van der Waals surface area contributed by atoms with Crippen molar-refractivity contribution in [3.05, 3.63) is 95.6 Å². The normalized spacial score (nSPS) is 14.0. The molecule has 4 rings (SSSR count). The van der Waals surface area contributed by atoms with Crippen LogP contribution in [0, 0.1) is 0 Å². The van der Waals surface area contributed by atoms with Crippen LogP contribution in [0.25, 0.3) is 11.1 Å². The second kappa shape index (κ2) is 8.45. The lowest BCUT2D eigenvalue weighted by molar-refractivity contribution is -0.122. The van der Waals surface area contributed by atoms with E-state index >= 15 is 0 Å². The number of hydrogen-bond acceptors (Lipinski definition) is 2. The van der Waals surface area contributed by atoms with E-state index in [1.165, 1.54) is 5.56 Å². The lowest BCUT2D eigenvalue weighted by Gasteiger charge is -2.31. The second-order valence-corrected chi connectivity index (χ2v) is 8.51. The molecule has 0 aliphatic heterocycles. The monoisotopic (exact) mass is 398 g/mol. The molecule has 3 aromatic rings. The van der Waals surface area contributed by atoms with Crippen molar-refractivity contribution in [2.75, 3.05) is 6.54 Å². The van der Waals surface area contributed by atoms with Crippen LogP contribution in [-0.4, -0.2) is 23.4 Å². The molecule has 1 amide bonds. The summed E-state index contributed by atoms with van der Waals surface area (Å²) < 4.78 is 0. The highest BCUT2D eigenvalue weighted by Crippen LogP contribution is 2.51. The zero-order valence-electron chi connectivity index (χ0n) is 17.8. The number of amides is 1. The number of benzene rings is 3. The van der Waals surface area contributed by atoms with Crippen molar-refractivity contribution in [3.63, 3.8) is 0 Å². The number of nitrogens with two attached hydrogens (primary N) is 1. The Morgan fingerprint density at radius 1 is 0.867 bits per heavy atom. The minimum atomic E-state index is -0.747. The van der Waals surface area contributed by atoms with Gasteiger partial charge in [-0.15, -0.1) is 0 Å². The first-order chi connectivity index (χ1) is 14.5. The van der Waals surface area contributed by atoms with E-state index in [9.17, 15) is 4.79 Å². The molecule has 0 saturated carbocycles. The molecule has 0 fully saturated rings. The maximum absolute atomic E-state index is 13.0. The number of nitrogens with zero attached hydrogens (tertiary/aromatic N) is 1. The lowest BCUT2D eigenvalue weighted by Crippen LogP contribution is -2.42. The van der Waals surface area contributed by atoms with E-state index in [1.807, 2.05) is 24.3 Å². The Morgan fingerprint density at radius 3 is 1.93 bits per heavy atom. The van der Waals surface area contributed by atoms with Crippen LogP contribution in [0.3, 0.4) is 0 Å². The van der Waals surface area contributed by atoms with Crippen LogP contribution >= 0.6 is 0 Å². The molecule has 0 atom stereocenters. The van der Waals surface area contributed by atoms with Crippen molar-refractivity contribution in [3.8, 4) is 11.1 Å². The topological polar surface area (TPSA) is 46.3 Å². The smallest absolute Gasteiger partial charge is 0.232 e. The zero-order valence-corrected chi connectivity index (χ0v) is 17.8. The highest BCUT2D eigenvalue weighted by Gasteiger charge is 2.47. The second-order valence-electron chi connectivity index (χ2n) is 8.51. The van der Waals surface area contributed by atoms with Crippen LogP contribution in [0.4, 0.5) is 0 Å². The van der Waals surface area contributed by atoms with Crippen LogP contribution in [0.2, 0.25) is 0 Å². The fourth-order valence-corrected chi connectivity index (χ4v) is 4.87. The van der Waals surface area contributed by atoms with Gasteiger partial charge < -0.3 is 5.73 Å². The summed E-state index contributed by atoms with van der Waals surface area (Å²) in [4.78, 5) is 15.4. The van der Waals surface area contributed by atoms with Gasteiger partial charge in [0.05, 0.1) is 5.41 Å². The van der Waals surface area contributed by atoms with Gasteiger partial charge in [0, 0.05) is 12.6 Å². The summed E-state index contributed by atoms with van der Waals surface area (Å²) in [5, 5.41) is 0. The van der Waals surface area contributed by atoms with Crippen LogP contribution in [0.15, 0.2) is 78.9 Å². The molecular formula is C27H30N2O. The highest BCUT2D eigenvalue weighted by molar-refractivity contribution is 5.99.